The molecule has 5 heteroatoms. The summed E-state index contributed by atoms with van der Waals surface area (Å²) in [6.45, 7) is 6.84. The van der Waals surface area contributed by atoms with Crippen molar-refractivity contribution in [2.24, 2.45) is 0 Å². The topological polar surface area (TPSA) is 66.4 Å². The van der Waals surface area contributed by atoms with E-state index in [1.165, 1.54) is 6.07 Å². The van der Waals surface area contributed by atoms with E-state index in [0.717, 1.165) is 0 Å². The van der Waals surface area contributed by atoms with Crippen LogP contribution in [0, 0.1) is 18.8 Å². The first-order valence-electron chi connectivity index (χ1n) is 5.90. The summed E-state index contributed by atoms with van der Waals surface area (Å²) in [5.74, 6) is 5.21. The average Bonchev–Trinajstić information content (AvgIpc) is 2.24. The van der Waals surface area contributed by atoms with Crippen molar-refractivity contribution in [3.8, 4) is 11.8 Å². The second-order valence-electron chi connectivity index (χ2n) is 5.30. The lowest BCUT2D eigenvalue weighted by molar-refractivity contribution is 0.350. The van der Waals surface area contributed by atoms with Crippen molar-refractivity contribution in [2.45, 2.75) is 38.1 Å². The molecule has 19 heavy (non-hydrogen) atoms. The quantitative estimate of drug-likeness (QED) is 0.806. The van der Waals surface area contributed by atoms with Crippen LogP contribution in [0.2, 0.25) is 0 Å². The normalized spacial score (nSPS) is 11.8. The van der Waals surface area contributed by atoms with E-state index in [9.17, 15) is 8.42 Å². The molecule has 0 fully saturated rings. The van der Waals surface area contributed by atoms with Gasteiger partial charge in [-0.15, -0.1) is 0 Å². The first-order valence-corrected chi connectivity index (χ1v) is 7.38. The fourth-order valence-corrected chi connectivity index (χ4v) is 3.26. The summed E-state index contributed by atoms with van der Waals surface area (Å²) in [6, 6.07) is 4.96. The lowest BCUT2D eigenvalue weighted by Gasteiger charge is -2.21. The monoisotopic (exact) mass is 281 g/mol. The zero-order valence-electron chi connectivity index (χ0n) is 11.6. The van der Waals surface area contributed by atoms with Gasteiger partial charge in [-0.1, -0.05) is 17.9 Å². The van der Waals surface area contributed by atoms with Gasteiger partial charge in [0.05, 0.1) is 4.90 Å². The third kappa shape index (κ3) is 4.67. The molecule has 0 radical (unpaired) electrons. The van der Waals surface area contributed by atoms with E-state index < -0.39 is 15.6 Å². The van der Waals surface area contributed by atoms with Gasteiger partial charge in [0.15, 0.2) is 0 Å². The van der Waals surface area contributed by atoms with Gasteiger partial charge in [0.1, 0.15) is 6.61 Å². The highest BCUT2D eigenvalue weighted by Gasteiger charge is 2.23. The molecule has 0 spiro atoms. The predicted molar refractivity (Wildman–Crippen MR) is 75.2 cm³/mol. The average molecular weight is 281 g/mol. The Morgan fingerprint density at radius 1 is 1.32 bits per heavy atom. The number of aryl methyl sites for hydroxylation is 1. The van der Waals surface area contributed by atoms with Crippen LogP contribution in [0.4, 0.5) is 0 Å². The Hall–Kier alpha value is -1.35. The van der Waals surface area contributed by atoms with Crippen LogP contribution in [0.15, 0.2) is 23.1 Å². The summed E-state index contributed by atoms with van der Waals surface area (Å²) in [6.07, 6.45) is 0. The minimum absolute atomic E-state index is 0.215. The molecule has 0 aromatic heterocycles. The molecule has 0 saturated carbocycles. The summed E-state index contributed by atoms with van der Waals surface area (Å²) >= 11 is 0. The van der Waals surface area contributed by atoms with E-state index in [4.69, 9.17) is 5.11 Å². The third-order valence-corrected chi connectivity index (χ3v) is 4.13. The number of benzene rings is 1. The van der Waals surface area contributed by atoms with Crippen LogP contribution in [-0.4, -0.2) is 25.7 Å². The van der Waals surface area contributed by atoms with E-state index in [2.05, 4.69) is 16.6 Å². The molecule has 0 amide bonds. The molecule has 1 rings (SSSR count). The van der Waals surface area contributed by atoms with E-state index in [1.807, 2.05) is 0 Å². The highest BCUT2D eigenvalue weighted by atomic mass is 32.2. The lowest BCUT2D eigenvalue weighted by atomic mass is 10.1. The van der Waals surface area contributed by atoms with Crippen molar-refractivity contribution in [1.82, 2.24) is 4.72 Å². The number of aliphatic hydroxyl groups is 1. The van der Waals surface area contributed by atoms with E-state index in [-0.39, 0.29) is 11.5 Å². The Bertz CT molecular complexity index is 616. The number of rotatable bonds is 2. The summed E-state index contributed by atoms with van der Waals surface area (Å²) in [4.78, 5) is 0.215. The molecule has 0 aliphatic heterocycles. The van der Waals surface area contributed by atoms with Gasteiger partial charge in [-0.3, -0.25) is 0 Å². The van der Waals surface area contributed by atoms with E-state index >= 15 is 0 Å². The maximum atomic E-state index is 12.3. The van der Waals surface area contributed by atoms with E-state index in [1.54, 1.807) is 39.8 Å². The largest absolute Gasteiger partial charge is 0.384 e. The molecule has 0 aliphatic rings. The summed E-state index contributed by atoms with van der Waals surface area (Å²) < 4.78 is 27.2. The van der Waals surface area contributed by atoms with Gasteiger partial charge in [0.2, 0.25) is 10.0 Å². The first kappa shape index (κ1) is 15.7. The Balaban J connectivity index is 3.26. The summed E-state index contributed by atoms with van der Waals surface area (Å²) in [7, 11) is -3.58. The van der Waals surface area contributed by atoms with Gasteiger partial charge in [-0.05, 0) is 45.4 Å². The second-order valence-corrected chi connectivity index (χ2v) is 6.95. The molecule has 0 atom stereocenters. The molecule has 0 aliphatic carbocycles. The molecule has 1 aromatic rings. The van der Waals surface area contributed by atoms with Crippen molar-refractivity contribution in [2.75, 3.05) is 6.61 Å². The molecule has 2 N–H and O–H groups in total. The third-order valence-electron chi connectivity index (χ3n) is 2.23. The van der Waals surface area contributed by atoms with E-state index in [0.29, 0.717) is 11.1 Å². The first-order chi connectivity index (χ1) is 8.65. The standard InChI is InChI=1S/C14H19NO3S/c1-11-7-8-12(6-5-9-16)10-13(11)19(17,18)15-14(2,3)4/h7-8,10,15-16H,9H2,1-4H3. The number of hydrogen-bond acceptors (Lipinski definition) is 3. The molecule has 104 valence electrons. The van der Waals surface area contributed by atoms with Crippen LogP contribution < -0.4 is 4.72 Å². The summed E-state index contributed by atoms with van der Waals surface area (Å²) in [5.41, 5.74) is 0.679. The highest BCUT2D eigenvalue weighted by Crippen LogP contribution is 2.18. The van der Waals surface area contributed by atoms with Crippen LogP contribution in [-0.2, 0) is 10.0 Å². The number of sulfonamides is 1. The maximum Gasteiger partial charge on any atom is 0.241 e. The van der Waals surface area contributed by atoms with Crippen LogP contribution in [0.25, 0.3) is 0 Å². The Morgan fingerprint density at radius 2 is 1.95 bits per heavy atom. The number of aliphatic hydroxyl groups excluding tert-OH is 1. The minimum Gasteiger partial charge on any atom is -0.384 e. The molecule has 4 nitrogen and oxygen atoms in total. The number of nitrogens with one attached hydrogen (secondary N) is 1. The van der Waals surface area contributed by atoms with Crippen molar-refractivity contribution in [3.05, 3.63) is 29.3 Å². The molecular weight excluding hydrogens is 262 g/mol. The lowest BCUT2D eigenvalue weighted by Crippen LogP contribution is -2.40. The predicted octanol–water partition coefficient (Wildman–Crippen LogP) is 1.42. The molecule has 0 unspecified atom stereocenters. The van der Waals surface area contributed by atoms with Crippen LogP contribution in [0.5, 0.6) is 0 Å². The molecule has 0 heterocycles. The van der Waals surface area contributed by atoms with Gasteiger partial charge in [0, 0.05) is 11.1 Å². The van der Waals surface area contributed by atoms with Crippen LogP contribution >= 0.6 is 0 Å². The second kappa shape index (κ2) is 5.74. The molecule has 0 bridgehead atoms. The zero-order chi connectivity index (χ0) is 14.7. The smallest absolute Gasteiger partial charge is 0.241 e. The maximum absolute atomic E-state index is 12.3. The fourth-order valence-electron chi connectivity index (χ4n) is 1.57. The summed E-state index contributed by atoms with van der Waals surface area (Å²) in [5, 5.41) is 8.66. The van der Waals surface area contributed by atoms with Crippen molar-refractivity contribution in [1.29, 1.82) is 0 Å². The Labute approximate surface area is 114 Å². The van der Waals surface area contributed by atoms with Gasteiger partial charge in [0.25, 0.3) is 0 Å². The van der Waals surface area contributed by atoms with Gasteiger partial charge < -0.3 is 5.11 Å². The zero-order valence-corrected chi connectivity index (χ0v) is 12.4. The molecule has 0 saturated heterocycles. The number of hydrogen-bond donors (Lipinski definition) is 2. The van der Waals surface area contributed by atoms with Crippen molar-refractivity contribution < 1.29 is 13.5 Å². The van der Waals surface area contributed by atoms with Gasteiger partial charge in [-0.25, -0.2) is 13.1 Å². The Kier molecular flexibility index (Phi) is 4.75. The van der Waals surface area contributed by atoms with Crippen molar-refractivity contribution in [3.63, 3.8) is 0 Å². The van der Waals surface area contributed by atoms with Gasteiger partial charge in [-0.2, -0.15) is 0 Å². The molecule has 1 aromatic carbocycles. The van der Waals surface area contributed by atoms with Crippen molar-refractivity contribution >= 4 is 10.0 Å². The SMILES string of the molecule is Cc1ccc(C#CCO)cc1S(=O)(=O)NC(C)(C)C. The Morgan fingerprint density at radius 3 is 2.47 bits per heavy atom. The van der Waals surface area contributed by atoms with Gasteiger partial charge >= 0.3 is 0 Å². The fraction of sp³-hybridized carbons (Fsp3) is 0.429. The van der Waals surface area contributed by atoms with Crippen LogP contribution in [0.3, 0.4) is 0 Å². The highest BCUT2D eigenvalue weighted by molar-refractivity contribution is 7.89. The molecular formula is C14H19NO3S. The van der Waals surface area contributed by atoms with Crippen LogP contribution in [0.1, 0.15) is 31.9 Å². The minimum atomic E-state index is -3.58.